The number of amides is 1. The van der Waals surface area contributed by atoms with Crippen molar-refractivity contribution in [1.82, 2.24) is 0 Å². The molecule has 1 aromatic rings. The Hall–Kier alpha value is -1.60. The molecule has 20 heavy (non-hydrogen) atoms. The van der Waals surface area contributed by atoms with E-state index < -0.39 is 5.91 Å². The molecule has 6 nitrogen and oxygen atoms in total. The smallest absolute Gasteiger partial charge is 0.253 e. The molecule has 5 N–H and O–H groups in total. The molecular weight excluding hydrogens is 278 g/mol. The molecule has 0 spiro atoms. The Bertz CT molecular complexity index is 499. The Kier molecular flexibility index (Phi) is 5.97. The summed E-state index contributed by atoms with van der Waals surface area (Å²) in [5.41, 5.74) is 11.6. The van der Waals surface area contributed by atoms with Gasteiger partial charge in [-0.1, -0.05) is 13.8 Å². The number of anilines is 2. The molecular formula is C13H21N3O3S. The minimum Gasteiger partial charge on any atom is -0.397 e. The molecule has 0 aromatic carbocycles. The van der Waals surface area contributed by atoms with Crippen molar-refractivity contribution in [1.29, 1.82) is 0 Å². The van der Waals surface area contributed by atoms with E-state index in [1.807, 2.05) is 6.92 Å². The van der Waals surface area contributed by atoms with Crippen molar-refractivity contribution < 1.29 is 14.3 Å². The molecule has 0 aliphatic heterocycles. The average molecular weight is 299 g/mol. The number of methoxy groups -OCH3 is 1. The van der Waals surface area contributed by atoms with Gasteiger partial charge in [-0.2, -0.15) is 0 Å². The van der Waals surface area contributed by atoms with Crippen molar-refractivity contribution in [2.45, 2.75) is 32.7 Å². The van der Waals surface area contributed by atoms with Crippen LogP contribution in [-0.2, 0) is 4.74 Å². The first-order valence-electron chi connectivity index (χ1n) is 6.46. The summed E-state index contributed by atoms with van der Waals surface area (Å²) in [6.07, 6.45) is 1.14. The predicted molar refractivity (Wildman–Crippen MR) is 81.4 cm³/mol. The average Bonchev–Trinajstić information content (AvgIpc) is 2.74. The van der Waals surface area contributed by atoms with E-state index in [-0.39, 0.29) is 23.1 Å². The fraction of sp³-hybridized carbons (Fsp3) is 0.538. The molecule has 1 unspecified atom stereocenters. The number of nitrogens with one attached hydrogen (secondary N) is 1. The van der Waals surface area contributed by atoms with E-state index in [1.54, 1.807) is 14.0 Å². The van der Waals surface area contributed by atoms with Crippen LogP contribution in [0.3, 0.4) is 0 Å². The van der Waals surface area contributed by atoms with Gasteiger partial charge >= 0.3 is 0 Å². The van der Waals surface area contributed by atoms with Gasteiger partial charge in [0.15, 0.2) is 5.78 Å². The summed E-state index contributed by atoms with van der Waals surface area (Å²) in [6.45, 7) is 4.23. The first kappa shape index (κ1) is 16.5. The van der Waals surface area contributed by atoms with Gasteiger partial charge in [0.25, 0.3) is 5.91 Å². The van der Waals surface area contributed by atoms with Crippen molar-refractivity contribution in [3.63, 3.8) is 0 Å². The van der Waals surface area contributed by atoms with Crippen LogP contribution < -0.4 is 16.8 Å². The van der Waals surface area contributed by atoms with Gasteiger partial charge in [-0.15, -0.1) is 11.3 Å². The first-order valence-corrected chi connectivity index (χ1v) is 7.28. The molecule has 0 aliphatic rings. The Morgan fingerprint density at radius 1 is 1.40 bits per heavy atom. The van der Waals surface area contributed by atoms with Crippen LogP contribution in [0.4, 0.5) is 10.7 Å². The van der Waals surface area contributed by atoms with Crippen LogP contribution in [0.25, 0.3) is 0 Å². The van der Waals surface area contributed by atoms with Gasteiger partial charge in [0, 0.05) is 19.6 Å². The van der Waals surface area contributed by atoms with Crippen molar-refractivity contribution >= 4 is 33.7 Å². The Morgan fingerprint density at radius 3 is 2.50 bits per heavy atom. The van der Waals surface area contributed by atoms with Gasteiger partial charge in [-0.05, 0) is 6.42 Å². The molecule has 1 atom stereocenters. The molecule has 112 valence electrons. The van der Waals surface area contributed by atoms with Gasteiger partial charge in [0.2, 0.25) is 0 Å². The molecule has 7 heteroatoms. The molecule has 1 aromatic heterocycles. The number of ketones is 1. The quantitative estimate of drug-likeness (QED) is 0.635. The van der Waals surface area contributed by atoms with E-state index in [0.717, 1.165) is 6.42 Å². The topological polar surface area (TPSA) is 107 Å². The maximum Gasteiger partial charge on any atom is 0.253 e. The number of hydrogen-bond donors (Lipinski definition) is 3. The molecule has 0 saturated heterocycles. The van der Waals surface area contributed by atoms with Gasteiger partial charge in [0.05, 0.1) is 22.7 Å². The lowest BCUT2D eigenvalue weighted by atomic mass is 10.1. The minimum absolute atomic E-state index is 0.0285. The zero-order valence-corrected chi connectivity index (χ0v) is 12.8. The summed E-state index contributed by atoms with van der Waals surface area (Å²) in [5.74, 6) is -0.730. The molecule has 0 saturated carbocycles. The van der Waals surface area contributed by atoms with E-state index in [2.05, 4.69) is 5.32 Å². The van der Waals surface area contributed by atoms with Crippen molar-refractivity contribution in [3.05, 3.63) is 10.4 Å². The highest BCUT2D eigenvalue weighted by Crippen LogP contribution is 2.36. The summed E-state index contributed by atoms with van der Waals surface area (Å²) < 4.78 is 5.10. The van der Waals surface area contributed by atoms with E-state index >= 15 is 0 Å². The van der Waals surface area contributed by atoms with Crippen LogP contribution in [0.1, 0.15) is 46.7 Å². The Balaban J connectivity index is 3.17. The van der Waals surface area contributed by atoms with Crippen LogP contribution in [0.5, 0.6) is 0 Å². The molecule has 1 rings (SSSR count). The summed E-state index contributed by atoms with van der Waals surface area (Å²) in [5, 5.41) is 3.72. The molecule has 0 radical (unpaired) electrons. The Morgan fingerprint density at radius 2 is 2.05 bits per heavy atom. The number of hydrogen-bond acceptors (Lipinski definition) is 6. The normalized spacial score (nSPS) is 12.2. The largest absolute Gasteiger partial charge is 0.397 e. The lowest BCUT2D eigenvalue weighted by molar-refractivity contribution is 0.0991. The third-order valence-corrected chi connectivity index (χ3v) is 4.14. The highest BCUT2D eigenvalue weighted by molar-refractivity contribution is 7.19. The number of primary amides is 1. The fourth-order valence-corrected chi connectivity index (χ4v) is 3.02. The van der Waals surface area contributed by atoms with Crippen LogP contribution in [-0.4, -0.2) is 31.4 Å². The van der Waals surface area contributed by atoms with Crippen LogP contribution >= 0.6 is 11.3 Å². The number of nitrogens with two attached hydrogens (primary N) is 2. The predicted octanol–water partition coefficient (Wildman–Crippen LogP) is 1.86. The third-order valence-electron chi connectivity index (χ3n) is 2.96. The van der Waals surface area contributed by atoms with Gasteiger partial charge in [-0.3, -0.25) is 9.59 Å². The lowest BCUT2D eigenvalue weighted by Gasteiger charge is -2.16. The fourth-order valence-electron chi connectivity index (χ4n) is 1.81. The second kappa shape index (κ2) is 7.25. The summed E-state index contributed by atoms with van der Waals surface area (Å²) in [6, 6.07) is 0.0285. The minimum atomic E-state index is -0.635. The van der Waals surface area contributed by atoms with Crippen LogP contribution in [0, 0.1) is 0 Å². The van der Waals surface area contributed by atoms with E-state index in [0.29, 0.717) is 22.9 Å². The summed E-state index contributed by atoms with van der Waals surface area (Å²) >= 11 is 1.17. The summed E-state index contributed by atoms with van der Waals surface area (Å²) in [7, 11) is 1.61. The van der Waals surface area contributed by atoms with Crippen molar-refractivity contribution in [2.24, 2.45) is 5.73 Å². The number of Topliss-reactive ketones (excluding diaryl/α,β-unsaturated/α-hetero) is 1. The highest BCUT2D eigenvalue weighted by atomic mass is 32.1. The van der Waals surface area contributed by atoms with Crippen molar-refractivity contribution in [3.8, 4) is 0 Å². The third kappa shape index (κ3) is 3.49. The van der Waals surface area contributed by atoms with Gasteiger partial charge in [0.1, 0.15) is 5.00 Å². The number of nitrogen functional groups attached to an aromatic ring is 1. The number of carbonyl (C=O) groups is 2. The lowest BCUT2D eigenvalue weighted by Crippen LogP contribution is -2.25. The molecule has 1 heterocycles. The highest BCUT2D eigenvalue weighted by Gasteiger charge is 2.24. The monoisotopic (exact) mass is 299 g/mol. The Labute approximate surface area is 122 Å². The number of rotatable bonds is 8. The van der Waals surface area contributed by atoms with E-state index in [4.69, 9.17) is 16.2 Å². The van der Waals surface area contributed by atoms with Crippen LogP contribution in [0.2, 0.25) is 0 Å². The van der Waals surface area contributed by atoms with E-state index in [9.17, 15) is 9.59 Å². The van der Waals surface area contributed by atoms with Gasteiger partial charge < -0.3 is 21.5 Å². The maximum atomic E-state index is 11.8. The standard InChI is InChI=1S/C13H21N3O3S/c1-4-7(6-19-3)16-13-9(12(15)18)10(14)11(20-13)8(17)5-2/h7,16H,4-6,14H2,1-3H3,(H2,15,18). The maximum absolute atomic E-state index is 11.8. The summed E-state index contributed by atoms with van der Waals surface area (Å²) in [4.78, 5) is 23.8. The second-order valence-electron chi connectivity index (χ2n) is 4.39. The van der Waals surface area contributed by atoms with Crippen molar-refractivity contribution in [2.75, 3.05) is 24.8 Å². The second-order valence-corrected chi connectivity index (χ2v) is 5.42. The van der Waals surface area contributed by atoms with Crippen LogP contribution in [0.15, 0.2) is 0 Å². The first-order chi connectivity index (χ1) is 9.46. The number of carbonyl (C=O) groups excluding carboxylic acids is 2. The van der Waals surface area contributed by atoms with E-state index in [1.165, 1.54) is 11.3 Å². The molecule has 1 amide bonds. The number of ether oxygens (including phenoxy) is 1. The SMILES string of the molecule is CCC(=O)c1sc(NC(CC)COC)c(C(N)=O)c1N. The molecule has 0 bridgehead atoms. The zero-order valence-electron chi connectivity index (χ0n) is 12.0. The number of thiophene rings is 1. The molecule has 0 aliphatic carbocycles. The molecule has 0 fully saturated rings. The van der Waals surface area contributed by atoms with Gasteiger partial charge in [-0.25, -0.2) is 0 Å². The zero-order chi connectivity index (χ0) is 15.3.